The largest absolute Gasteiger partial charge is 0.481 e. The van der Waals surface area contributed by atoms with E-state index in [2.05, 4.69) is 15.2 Å². The lowest BCUT2D eigenvalue weighted by molar-refractivity contribution is -0.138. The molecule has 21 heavy (non-hydrogen) atoms. The number of aliphatic carboxylic acids is 1. The number of carbonyl (C=O) groups is 1. The second-order valence-electron chi connectivity index (χ2n) is 5.15. The van der Waals surface area contributed by atoms with Gasteiger partial charge in [-0.2, -0.15) is 10.1 Å². The highest BCUT2D eigenvalue weighted by Gasteiger charge is 2.22. The lowest BCUT2D eigenvalue weighted by Gasteiger charge is -2.17. The van der Waals surface area contributed by atoms with Gasteiger partial charge in [0.2, 0.25) is 0 Å². The molecular formula is C14H18N4O3. The quantitative estimate of drug-likeness (QED) is 0.879. The smallest absolute Gasteiger partial charge is 0.348 e. The Morgan fingerprint density at radius 1 is 1.43 bits per heavy atom. The Labute approximate surface area is 121 Å². The fourth-order valence-electron chi connectivity index (χ4n) is 2.46. The summed E-state index contributed by atoms with van der Waals surface area (Å²) in [6.07, 6.45) is 1.65. The van der Waals surface area contributed by atoms with Gasteiger partial charge in [-0.25, -0.2) is 4.79 Å². The summed E-state index contributed by atoms with van der Waals surface area (Å²) in [6, 6.07) is 0. The molecule has 0 saturated heterocycles. The van der Waals surface area contributed by atoms with Crippen LogP contribution in [0.1, 0.15) is 41.1 Å². The third kappa shape index (κ3) is 2.72. The van der Waals surface area contributed by atoms with E-state index in [0.29, 0.717) is 23.5 Å². The van der Waals surface area contributed by atoms with Gasteiger partial charge in [0.25, 0.3) is 0 Å². The average Bonchev–Trinajstić information content (AvgIpc) is 2.79. The lowest BCUT2D eigenvalue weighted by Crippen LogP contribution is -2.29. The Kier molecular flexibility index (Phi) is 3.93. The van der Waals surface area contributed by atoms with Crippen LogP contribution in [0.25, 0.3) is 0 Å². The molecule has 0 saturated carbocycles. The van der Waals surface area contributed by atoms with E-state index in [4.69, 9.17) is 0 Å². The molecule has 0 aliphatic rings. The number of hydrogen-bond acceptors (Lipinski definition) is 4. The maximum atomic E-state index is 12.1. The minimum absolute atomic E-state index is 0.319. The summed E-state index contributed by atoms with van der Waals surface area (Å²) in [6.45, 7) is 7.19. The van der Waals surface area contributed by atoms with Crippen LogP contribution in [0.5, 0.6) is 0 Å². The van der Waals surface area contributed by atoms with Crippen molar-refractivity contribution in [3.05, 3.63) is 44.9 Å². The van der Waals surface area contributed by atoms with E-state index < -0.39 is 11.9 Å². The Bertz CT molecular complexity index is 745. The number of rotatable bonds is 4. The van der Waals surface area contributed by atoms with Gasteiger partial charge in [-0.1, -0.05) is 0 Å². The molecule has 7 nitrogen and oxygen atoms in total. The molecule has 0 radical (unpaired) electrons. The SMILES string of the molecule is Cc1nc(=O)n(Cc2cn[nH]c2C)c(C)c1C(C)C(=O)O. The van der Waals surface area contributed by atoms with Gasteiger partial charge in [0, 0.05) is 28.2 Å². The van der Waals surface area contributed by atoms with Gasteiger partial charge in [0.05, 0.1) is 18.7 Å². The third-order valence-corrected chi connectivity index (χ3v) is 3.74. The normalized spacial score (nSPS) is 12.4. The van der Waals surface area contributed by atoms with E-state index in [9.17, 15) is 14.7 Å². The molecule has 1 unspecified atom stereocenters. The van der Waals surface area contributed by atoms with Crippen LogP contribution >= 0.6 is 0 Å². The zero-order valence-corrected chi connectivity index (χ0v) is 12.5. The molecule has 2 heterocycles. The Balaban J connectivity index is 2.57. The number of nitrogens with zero attached hydrogens (tertiary/aromatic N) is 3. The van der Waals surface area contributed by atoms with Gasteiger partial charge in [-0.15, -0.1) is 0 Å². The van der Waals surface area contributed by atoms with Gasteiger partial charge in [0.15, 0.2) is 0 Å². The highest BCUT2D eigenvalue weighted by Crippen LogP contribution is 2.21. The third-order valence-electron chi connectivity index (χ3n) is 3.74. The number of carboxylic acid groups (broad SMARTS) is 1. The maximum Gasteiger partial charge on any atom is 0.348 e. The molecule has 7 heteroatoms. The Morgan fingerprint density at radius 3 is 2.62 bits per heavy atom. The molecule has 2 aromatic rings. The molecule has 1 atom stereocenters. The van der Waals surface area contributed by atoms with Crippen LogP contribution < -0.4 is 5.69 Å². The molecule has 0 bridgehead atoms. The van der Waals surface area contributed by atoms with Gasteiger partial charge < -0.3 is 5.11 Å². The lowest BCUT2D eigenvalue weighted by atomic mass is 9.98. The molecule has 0 aliphatic carbocycles. The summed E-state index contributed by atoms with van der Waals surface area (Å²) < 4.78 is 1.49. The molecular weight excluding hydrogens is 272 g/mol. The summed E-state index contributed by atoms with van der Waals surface area (Å²) in [5, 5.41) is 16.0. The van der Waals surface area contributed by atoms with Crippen molar-refractivity contribution < 1.29 is 9.90 Å². The highest BCUT2D eigenvalue weighted by molar-refractivity contribution is 5.76. The van der Waals surface area contributed by atoms with E-state index in [-0.39, 0.29) is 5.69 Å². The van der Waals surface area contributed by atoms with E-state index in [1.54, 1.807) is 27.0 Å². The molecule has 0 aromatic carbocycles. The first kappa shape index (κ1) is 15.0. The standard InChI is InChI=1S/C14H18N4O3/c1-7(13(19)20)12-9(3)16-14(21)18(10(12)4)6-11-5-15-17-8(11)2/h5,7H,6H2,1-4H3,(H,15,17)(H,19,20). The minimum atomic E-state index is -0.937. The van der Waals surface area contributed by atoms with Crippen LogP contribution in [0.15, 0.2) is 11.0 Å². The molecule has 2 N–H and O–H groups in total. The van der Waals surface area contributed by atoms with Crippen LogP contribution in [0.2, 0.25) is 0 Å². The number of hydrogen-bond donors (Lipinski definition) is 2. The van der Waals surface area contributed by atoms with E-state index in [0.717, 1.165) is 11.3 Å². The highest BCUT2D eigenvalue weighted by atomic mass is 16.4. The van der Waals surface area contributed by atoms with Gasteiger partial charge >= 0.3 is 11.7 Å². The van der Waals surface area contributed by atoms with Crippen LogP contribution in [0.4, 0.5) is 0 Å². The molecule has 2 aromatic heterocycles. The number of aromatic amines is 1. The minimum Gasteiger partial charge on any atom is -0.481 e. The first-order chi connectivity index (χ1) is 9.82. The molecule has 0 aliphatic heterocycles. The van der Waals surface area contributed by atoms with E-state index in [1.165, 1.54) is 4.57 Å². The van der Waals surface area contributed by atoms with Crippen LogP contribution in [-0.4, -0.2) is 30.8 Å². The average molecular weight is 290 g/mol. The van der Waals surface area contributed by atoms with Gasteiger partial charge in [0.1, 0.15) is 0 Å². The van der Waals surface area contributed by atoms with Gasteiger partial charge in [-0.3, -0.25) is 14.5 Å². The number of aryl methyl sites for hydroxylation is 2. The van der Waals surface area contributed by atoms with Crippen molar-refractivity contribution in [2.24, 2.45) is 0 Å². The van der Waals surface area contributed by atoms with Crippen LogP contribution in [0.3, 0.4) is 0 Å². The van der Waals surface area contributed by atoms with Crippen molar-refractivity contribution in [3.63, 3.8) is 0 Å². The summed E-state index contributed by atoms with van der Waals surface area (Å²) in [5.41, 5.74) is 3.04. The summed E-state index contributed by atoms with van der Waals surface area (Å²) in [4.78, 5) is 27.3. The summed E-state index contributed by atoms with van der Waals surface area (Å²) in [5.74, 6) is -1.65. The topological polar surface area (TPSA) is 101 Å². The first-order valence-corrected chi connectivity index (χ1v) is 6.62. The first-order valence-electron chi connectivity index (χ1n) is 6.62. The molecule has 2 rings (SSSR count). The number of aromatic nitrogens is 4. The van der Waals surface area contributed by atoms with Gasteiger partial charge in [-0.05, 0) is 27.7 Å². The van der Waals surface area contributed by atoms with Crippen molar-refractivity contribution in [2.45, 2.75) is 40.2 Å². The predicted octanol–water partition coefficient (Wildman–Crippen LogP) is 1.13. The van der Waals surface area contributed by atoms with Crippen LogP contribution in [0, 0.1) is 20.8 Å². The number of nitrogens with one attached hydrogen (secondary N) is 1. The molecule has 0 spiro atoms. The Morgan fingerprint density at radius 2 is 2.10 bits per heavy atom. The second-order valence-corrected chi connectivity index (χ2v) is 5.15. The number of carboxylic acids is 1. The van der Waals surface area contributed by atoms with Crippen LogP contribution in [-0.2, 0) is 11.3 Å². The monoisotopic (exact) mass is 290 g/mol. The van der Waals surface area contributed by atoms with Crippen molar-refractivity contribution in [1.82, 2.24) is 19.7 Å². The molecule has 112 valence electrons. The second kappa shape index (κ2) is 5.51. The molecule has 0 amide bonds. The summed E-state index contributed by atoms with van der Waals surface area (Å²) >= 11 is 0. The zero-order valence-electron chi connectivity index (χ0n) is 12.5. The van der Waals surface area contributed by atoms with E-state index in [1.807, 2.05) is 6.92 Å². The van der Waals surface area contributed by atoms with Crippen molar-refractivity contribution in [3.8, 4) is 0 Å². The van der Waals surface area contributed by atoms with E-state index >= 15 is 0 Å². The molecule has 0 fully saturated rings. The Hall–Kier alpha value is -2.44. The van der Waals surface area contributed by atoms with Crippen molar-refractivity contribution in [2.75, 3.05) is 0 Å². The van der Waals surface area contributed by atoms with Crippen molar-refractivity contribution >= 4 is 5.97 Å². The number of H-pyrrole nitrogens is 1. The fourth-order valence-corrected chi connectivity index (χ4v) is 2.46. The predicted molar refractivity (Wildman–Crippen MR) is 76.4 cm³/mol. The summed E-state index contributed by atoms with van der Waals surface area (Å²) in [7, 11) is 0. The van der Waals surface area contributed by atoms with Crippen molar-refractivity contribution in [1.29, 1.82) is 0 Å². The fraction of sp³-hybridized carbons (Fsp3) is 0.429. The zero-order chi connectivity index (χ0) is 15.7. The maximum absolute atomic E-state index is 12.1.